The smallest absolute Gasteiger partial charge is 0.264 e. The van der Waals surface area contributed by atoms with E-state index in [-0.39, 0.29) is 71.5 Å². The number of phenolic OH excluding ortho intramolecular Hbond substituents is 1. The number of carbonyl (C=O) groups excluding carboxylic acids is 2. The minimum Gasteiger partial charge on any atom is -0.505 e. The highest BCUT2D eigenvalue weighted by molar-refractivity contribution is 7.92. The summed E-state index contributed by atoms with van der Waals surface area (Å²) in [6.07, 6.45) is 1.24. The molecule has 41 heavy (non-hydrogen) atoms. The Bertz CT molecular complexity index is 1260. The molecule has 9 nitrogen and oxygen atoms in total. The maximum Gasteiger partial charge on any atom is 0.264 e. The fourth-order valence-electron chi connectivity index (χ4n) is 4.39. The Hall–Kier alpha value is -3.11. The minimum absolute atomic E-state index is 0.105. The third kappa shape index (κ3) is 10.7. The molecule has 0 bridgehead atoms. The van der Waals surface area contributed by atoms with Gasteiger partial charge in [0.15, 0.2) is 0 Å². The van der Waals surface area contributed by atoms with Gasteiger partial charge >= 0.3 is 0 Å². The maximum absolute atomic E-state index is 13.7. The van der Waals surface area contributed by atoms with Gasteiger partial charge < -0.3 is 10.0 Å². The molecule has 1 atom stereocenters. The number of benzene rings is 2. The number of phenols is 1. The second-order valence-corrected chi connectivity index (χ2v) is 14.5. The van der Waals surface area contributed by atoms with Crippen molar-refractivity contribution in [1.29, 1.82) is 0 Å². The predicted molar refractivity (Wildman–Crippen MR) is 164 cm³/mol. The highest BCUT2D eigenvalue weighted by Gasteiger charge is 2.29. The van der Waals surface area contributed by atoms with E-state index in [1.807, 2.05) is 41.5 Å². The van der Waals surface area contributed by atoms with Gasteiger partial charge in [0.25, 0.3) is 15.9 Å². The first kappa shape index (κ1) is 34.1. The van der Waals surface area contributed by atoms with E-state index in [9.17, 15) is 23.1 Å². The molecular formula is C31H48N4O5S. The summed E-state index contributed by atoms with van der Waals surface area (Å²) in [5, 5.41) is 12.7. The molecule has 2 aromatic carbocycles. The number of rotatable bonds is 13. The molecule has 2 rings (SSSR count). The SMILES string of the molecule is CC(C)CCN(c1cccc(C[C@@H](C)CN(NC(=O)CN(C)C)C(=O)CC(C)(C)C)c1O)S(=O)(=O)c1ccccc1. The molecule has 228 valence electrons. The number of carbonyl (C=O) groups is 2. The van der Waals surface area contributed by atoms with Crippen LogP contribution >= 0.6 is 0 Å². The van der Waals surface area contributed by atoms with Crippen LogP contribution in [-0.2, 0) is 26.0 Å². The lowest BCUT2D eigenvalue weighted by atomic mass is 9.91. The second kappa shape index (κ2) is 14.7. The van der Waals surface area contributed by atoms with E-state index < -0.39 is 10.0 Å². The largest absolute Gasteiger partial charge is 0.505 e. The highest BCUT2D eigenvalue weighted by atomic mass is 32.2. The molecule has 2 amide bonds. The predicted octanol–water partition coefficient (Wildman–Crippen LogP) is 4.67. The maximum atomic E-state index is 13.7. The van der Waals surface area contributed by atoms with Crippen molar-refractivity contribution in [2.24, 2.45) is 17.3 Å². The van der Waals surface area contributed by atoms with Crippen LogP contribution in [0.2, 0.25) is 0 Å². The quantitative estimate of drug-likeness (QED) is 0.329. The molecule has 0 spiro atoms. The van der Waals surface area contributed by atoms with Crippen molar-refractivity contribution in [2.45, 2.75) is 65.7 Å². The average molecular weight is 589 g/mol. The van der Waals surface area contributed by atoms with Crippen molar-refractivity contribution in [2.75, 3.05) is 38.0 Å². The zero-order valence-corrected chi connectivity index (χ0v) is 26.7. The molecule has 0 fully saturated rings. The zero-order chi connectivity index (χ0) is 31.0. The van der Waals surface area contributed by atoms with Crippen molar-refractivity contribution in [3.63, 3.8) is 0 Å². The van der Waals surface area contributed by atoms with Gasteiger partial charge in [-0.05, 0) is 68.0 Å². The molecule has 0 heterocycles. The number of hydrogen-bond acceptors (Lipinski definition) is 6. The summed E-state index contributed by atoms with van der Waals surface area (Å²) in [6, 6.07) is 13.3. The van der Waals surface area contributed by atoms with Crippen LogP contribution in [0.25, 0.3) is 0 Å². The van der Waals surface area contributed by atoms with E-state index in [0.717, 1.165) is 0 Å². The van der Waals surface area contributed by atoms with Crippen molar-refractivity contribution >= 4 is 27.5 Å². The van der Waals surface area contributed by atoms with E-state index in [1.165, 1.54) is 9.31 Å². The normalized spacial score (nSPS) is 12.8. The van der Waals surface area contributed by atoms with Crippen molar-refractivity contribution in [3.05, 3.63) is 54.1 Å². The number of anilines is 1. The van der Waals surface area contributed by atoms with Crippen LogP contribution in [0.15, 0.2) is 53.4 Å². The monoisotopic (exact) mass is 588 g/mol. The molecule has 2 aromatic rings. The number of sulfonamides is 1. The Morgan fingerprint density at radius 2 is 1.61 bits per heavy atom. The molecule has 0 aromatic heterocycles. The van der Waals surface area contributed by atoms with Gasteiger partial charge in [0.05, 0.1) is 17.1 Å². The third-order valence-electron chi connectivity index (χ3n) is 6.37. The van der Waals surface area contributed by atoms with E-state index in [1.54, 1.807) is 67.5 Å². The standard InChI is InChI=1S/C31H48N4O5S/c1-23(2)17-18-35(41(39,40)26-14-10-9-11-15-26)27-16-12-13-25(30(27)38)19-24(3)21-34(29(37)20-31(4,5)6)32-28(36)22-33(7)8/h9-16,23-24,38H,17-22H2,1-8H3,(H,32,36)/t24-/m1/s1. The van der Waals surface area contributed by atoms with Gasteiger partial charge in [0, 0.05) is 19.5 Å². The van der Waals surface area contributed by atoms with Gasteiger partial charge in [-0.15, -0.1) is 0 Å². The van der Waals surface area contributed by atoms with Crippen LogP contribution in [0.1, 0.15) is 59.9 Å². The van der Waals surface area contributed by atoms with Crippen molar-refractivity contribution in [3.8, 4) is 5.75 Å². The van der Waals surface area contributed by atoms with Crippen LogP contribution in [0.4, 0.5) is 5.69 Å². The molecule has 10 heteroatoms. The van der Waals surface area contributed by atoms with Crippen LogP contribution in [-0.4, -0.2) is 69.0 Å². The van der Waals surface area contributed by atoms with Gasteiger partial charge in [-0.25, -0.2) is 8.42 Å². The number of likely N-dealkylation sites (N-methyl/N-ethyl adjacent to an activating group) is 1. The first-order chi connectivity index (χ1) is 19.0. The Kier molecular flexibility index (Phi) is 12.2. The van der Waals surface area contributed by atoms with Gasteiger partial charge in [-0.3, -0.25) is 24.3 Å². The van der Waals surface area contributed by atoms with Crippen molar-refractivity contribution in [1.82, 2.24) is 15.3 Å². The molecule has 2 N–H and O–H groups in total. The molecule has 0 unspecified atom stereocenters. The number of para-hydroxylation sites is 1. The van der Waals surface area contributed by atoms with Gasteiger partial charge in [0.1, 0.15) is 5.75 Å². The molecule has 0 radical (unpaired) electrons. The first-order valence-corrected chi connectivity index (χ1v) is 15.6. The molecule has 0 saturated heterocycles. The summed E-state index contributed by atoms with van der Waals surface area (Å²) >= 11 is 0. The molecule has 0 aliphatic rings. The Labute approximate surface area is 246 Å². The van der Waals surface area contributed by atoms with Crippen LogP contribution < -0.4 is 9.73 Å². The number of aromatic hydroxyl groups is 1. The van der Waals surface area contributed by atoms with E-state index in [0.29, 0.717) is 18.4 Å². The number of nitrogens with one attached hydrogen (secondary N) is 1. The number of hydrogen-bond donors (Lipinski definition) is 2. The van der Waals surface area contributed by atoms with Crippen LogP contribution in [0.5, 0.6) is 5.75 Å². The summed E-state index contributed by atoms with van der Waals surface area (Å²) in [4.78, 5) is 27.5. The Morgan fingerprint density at radius 3 is 2.17 bits per heavy atom. The highest BCUT2D eigenvalue weighted by Crippen LogP contribution is 2.36. The lowest BCUT2D eigenvalue weighted by Crippen LogP contribution is -2.51. The number of nitrogens with zero attached hydrogens (tertiary/aromatic N) is 3. The average Bonchev–Trinajstić information content (AvgIpc) is 2.84. The second-order valence-electron chi connectivity index (χ2n) is 12.7. The van der Waals surface area contributed by atoms with Gasteiger partial charge in [0.2, 0.25) is 5.91 Å². The molecule has 0 saturated carbocycles. The minimum atomic E-state index is -3.92. The number of amides is 2. The lowest BCUT2D eigenvalue weighted by Gasteiger charge is -2.30. The lowest BCUT2D eigenvalue weighted by molar-refractivity contribution is -0.143. The van der Waals surface area contributed by atoms with Crippen molar-refractivity contribution < 1.29 is 23.1 Å². The Morgan fingerprint density at radius 1 is 0.976 bits per heavy atom. The van der Waals surface area contributed by atoms with E-state index >= 15 is 0 Å². The topological polar surface area (TPSA) is 110 Å². The summed E-state index contributed by atoms with van der Waals surface area (Å²) in [6.45, 7) is 12.5. The number of hydrazine groups is 1. The fourth-order valence-corrected chi connectivity index (χ4v) is 5.90. The molecule has 0 aliphatic heterocycles. The Balaban J connectivity index is 2.36. The van der Waals surface area contributed by atoms with Gasteiger partial charge in [-0.1, -0.05) is 71.9 Å². The van der Waals surface area contributed by atoms with Gasteiger partial charge in [-0.2, -0.15) is 0 Å². The third-order valence-corrected chi connectivity index (χ3v) is 8.20. The molecular weight excluding hydrogens is 540 g/mol. The van der Waals surface area contributed by atoms with E-state index in [4.69, 9.17) is 0 Å². The summed E-state index contributed by atoms with van der Waals surface area (Å²) in [7, 11) is -0.361. The van der Waals surface area contributed by atoms with Crippen LogP contribution in [0, 0.1) is 17.3 Å². The first-order valence-electron chi connectivity index (χ1n) is 14.1. The van der Waals surface area contributed by atoms with Crippen LogP contribution in [0.3, 0.4) is 0 Å². The molecule has 0 aliphatic carbocycles. The fraction of sp³-hybridized carbons (Fsp3) is 0.548. The van der Waals surface area contributed by atoms with E-state index in [2.05, 4.69) is 5.43 Å². The summed E-state index contributed by atoms with van der Waals surface area (Å²) in [5.41, 5.74) is 3.27. The summed E-state index contributed by atoms with van der Waals surface area (Å²) < 4.78 is 28.6. The summed E-state index contributed by atoms with van der Waals surface area (Å²) in [5.74, 6) is -0.487. The zero-order valence-electron chi connectivity index (χ0n) is 25.8.